The van der Waals surface area contributed by atoms with Gasteiger partial charge in [0.25, 0.3) is 0 Å². The van der Waals surface area contributed by atoms with E-state index in [1.807, 2.05) is 43.3 Å². The molecule has 3 rings (SSSR count). The fourth-order valence-corrected chi connectivity index (χ4v) is 4.05. The van der Waals surface area contributed by atoms with Crippen molar-refractivity contribution in [3.05, 3.63) is 58.1 Å². The largest absolute Gasteiger partial charge is 0.492 e. The number of nitrogens with zero attached hydrogens (tertiary/aromatic N) is 4. The molecule has 29 heavy (non-hydrogen) atoms. The molecule has 3 aromatic rings. The summed E-state index contributed by atoms with van der Waals surface area (Å²) in [6, 6.07) is 13.4. The number of ether oxygens (including phenoxy) is 1. The number of nitrogens with one attached hydrogen (secondary N) is 1. The maximum absolute atomic E-state index is 6.24. The van der Waals surface area contributed by atoms with Crippen LogP contribution in [-0.4, -0.2) is 39.1 Å². The molecule has 0 atom stereocenters. The van der Waals surface area contributed by atoms with E-state index < -0.39 is 0 Å². The van der Waals surface area contributed by atoms with Crippen LogP contribution in [0.2, 0.25) is 10.0 Å². The zero-order chi connectivity index (χ0) is 19.8. The Kier molecular flexibility index (Phi) is 10.0. The Balaban J connectivity index is 0.00000300. The molecular formula is C19H22Cl3N5OS. The van der Waals surface area contributed by atoms with Gasteiger partial charge in [0.1, 0.15) is 5.75 Å². The first-order valence-electron chi connectivity index (χ1n) is 8.97. The fraction of sp³-hybridized carbons (Fsp3) is 0.316. The van der Waals surface area contributed by atoms with E-state index in [-0.39, 0.29) is 12.4 Å². The summed E-state index contributed by atoms with van der Waals surface area (Å²) in [4.78, 5) is 0. The second kappa shape index (κ2) is 12.2. The van der Waals surface area contributed by atoms with Gasteiger partial charge in [0.05, 0.1) is 17.3 Å². The summed E-state index contributed by atoms with van der Waals surface area (Å²) in [5.41, 5.74) is 1.91. The number of hydrogen-bond donors (Lipinski definition) is 1. The molecule has 0 fully saturated rings. The predicted molar refractivity (Wildman–Crippen MR) is 121 cm³/mol. The van der Waals surface area contributed by atoms with Gasteiger partial charge in [-0.2, -0.15) is 4.68 Å². The molecule has 0 aliphatic rings. The number of aromatic nitrogens is 4. The van der Waals surface area contributed by atoms with E-state index in [0.717, 1.165) is 35.1 Å². The number of hydrogen-bond acceptors (Lipinski definition) is 6. The Morgan fingerprint density at radius 3 is 2.72 bits per heavy atom. The molecular weight excluding hydrogens is 453 g/mol. The van der Waals surface area contributed by atoms with Crippen LogP contribution in [0.3, 0.4) is 0 Å². The van der Waals surface area contributed by atoms with Crippen LogP contribution in [0.15, 0.2) is 47.6 Å². The molecule has 1 N–H and O–H groups in total. The van der Waals surface area contributed by atoms with E-state index >= 15 is 0 Å². The summed E-state index contributed by atoms with van der Waals surface area (Å²) in [6.45, 7) is 3.97. The zero-order valence-electron chi connectivity index (χ0n) is 15.8. The van der Waals surface area contributed by atoms with Crippen LogP contribution in [-0.2, 0) is 6.54 Å². The highest BCUT2D eigenvalue weighted by atomic mass is 35.5. The van der Waals surface area contributed by atoms with Gasteiger partial charge >= 0.3 is 0 Å². The lowest BCUT2D eigenvalue weighted by atomic mass is 10.2. The van der Waals surface area contributed by atoms with Gasteiger partial charge in [-0.3, -0.25) is 0 Å². The average Bonchev–Trinajstić information content (AvgIpc) is 3.16. The van der Waals surface area contributed by atoms with Crippen molar-refractivity contribution in [2.45, 2.75) is 25.0 Å². The van der Waals surface area contributed by atoms with Crippen molar-refractivity contribution in [2.24, 2.45) is 0 Å². The van der Waals surface area contributed by atoms with Gasteiger partial charge in [-0.25, -0.2) is 0 Å². The molecule has 0 spiro atoms. The van der Waals surface area contributed by atoms with Crippen LogP contribution in [0.5, 0.6) is 5.75 Å². The summed E-state index contributed by atoms with van der Waals surface area (Å²) >= 11 is 14.0. The molecule has 1 heterocycles. The molecule has 156 valence electrons. The lowest BCUT2D eigenvalue weighted by molar-refractivity contribution is 0.335. The fourth-order valence-electron chi connectivity index (χ4n) is 2.63. The maximum atomic E-state index is 6.24. The van der Waals surface area contributed by atoms with Gasteiger partial charge in [-0.05, 0) is 54.6 Å². The monoisotopic (exact) mass is 473 g/mol. The first kappa shape index (κ1) is 23.8. The highest BCUT2D eigenvalue weighted by Crippen LogP contribution is 2.32. The minimum atomic E-state index is 0. The maximum Gasteiger partial charge on any atom is 0.214 e. The standard InChI is InChI=1S/C19H21Cl2N5OS.ClH/c1-2-27-18-14(11-15(20)12-17(18)21)13-22-9-6-10-28-19-23-24-25-26(19)16-7-4-3-5-8-16;/h3-5,7-8,11-12,22H,2,6,9-10,13H2,1H3;1H. The summed E-state index contributed by atoms with van der Waals surface area (Å²) in [7, 11) is 0. The lowest BCUT2D eigenvalue weighted by Crippen LogP contribution is -2.16. The lowest BCUT2D eigenvalue weighted by Gasteiger charge is -2.13. The van der Waals surface area contributed by atoms with E-state index in [1.54, 1.807) is 22.5 Å². The quantitative estimate of drug-likeness (QED) is 0.327. The molecule has 0 unspecified atom stereocenters. The number of halogens is 3. The van der Waals surface area contributed by atoms with Crippen LogP contribution in [0.4, 0.5) is 0 Å². The molecule has 0 saturated heterocycles. The topological polar surface area (TPSA) is 64.9 Å². The van der Waals surface area contributed by atoms with Gasteiger partial charge in [0.2, 0.25) is 5.16 Å². The van der Waals surface area contributed by atoms with Gasteiger partial charge in [0, 0.05) is 22.9 Å². The number of thioether (sulfide) groups is 1. The molecule has 2 aromatic carbocycles. The van der Waals surface area contributed by atoms with E-state index in [2.05, 4.69) is 20.8 Å². The first-order chi connectivity index (χ1) is 13.7. The van der Waals surface area contributed by atoms with E-state index in [1.165, 1.54) is 0 Å². The SMILES string of the molecule is CCOc1c(Cl)cc(Cl)cc1CNCCCSc1nnnn1-c1ccccc1.Cl. The van der Waals surface area contributed by atoms with Crippen molar-refractivity contribution >= 4 is 47.4 Å². The van der Waals surface area contributed by atoms with Crippen molar-refractivity contribution in [3.8, 4) is 11.4 Å². The average molecular weight is 475 g/mol. The Bertz CT molecular complexity index is 895. The van der Waals surface area contributed by atoms with Gasteiger partial charge in [-0.15, -0.1) is 17.5 Å². The minimum Gasteiger partial charge on any atom is -0.492 e. The number of tetrazole rings is 1. The number of benzene rings is 2. The van der Waals surface area contributed by atoms with E-state index in [9.17, 15) is 0 Å². The van der Waals surface area contributed by atoms with Crippen LogP contribution < -0.4 is 10.1 Å². The first-order valence-corrected chi connectivity index (χ1v) is 10.7. The van der Waals surface area contributed by atoms with Crippen LogP contribution in [0.1, 0.15) is 18.9 Å². The molecule has 0 amide bonds. The third kappa shape index (κ3) is 6.76. The molecule has 0 aliphatic heterocycles. The third-order valence-electron chi connectivity index (χ3n) is 3.86. The summed E-state index contributed by atoms with van der Waals surface area (Å²) in [5, 5.41) is 17.3. The minimum absolute atomic E-state index is 0. The predicted octanol–water partition coefficient (Wildman–Crippen LogP) is 5.06. The Hall–Kier alpha value is -1.51. The van der Waals surface area contributed by atoms with Crippen molar-refractivity contribution in [1.29, 1.82) is 0 Å². The van der Waals surface area contributed by atoms with Crippen LogP contribution in [0.25, 0.3) is 5.69 Å². The molecule has 0 aliphatic carbocycles. The second-order valence-corrected chi connectivity index (χ2v) is 7.80. The van der Waals surface area contributed by atoms with Gasteiger partial charge < -0.3 is 10.1 Å². The summed E-state index contributed by atoms with van der Waals surface area (Å²) in [5.74, 6) is 1.59. The second-order valence-electron chi connectivity index (χ2n) is 5.90. The molecule has 6 nitrogen and oxygen atoms in total. The van der Waals surface area contributed by atoms with Crippen molar-refractivity contribution < 1.29 is 4.74 Å². The third-order valence-corrected chi connectivity index (χ3v) is 5.36. The van der Waals surface area contributed by atoms with E-state index in [0.29, 0.717) is 28.9 Å². The van der Waals surface area contributed by atoms with E-state index in [4.69, 9.17) is 27.9 Å². The molecule has 0 bridgehead atoms. The van der Waals surface area contributed by atoms with Crippen molar-refractivity contribution in [1.82, 2.24) is 25.5 Å². The molecule has 10 heteroatoms. The van der Waals surface area contributed by atoms with Crippen LogP contribution in [0, 0.1) is 0 Å². The Morgan fingerprint density at radius 1 is 1.17 bits per heavy atom. The number of para-hydroxylation sites is 1. The number of rotatable bonds is 10. The Morgan fingerprint density at radius 2 is 1.97 bits per heavy atom. The molecule has 1 aromatic heterocycles. The van der Waals surface area contributed by atoms with Gasteiger partial charge in [0.15, 0.2) is 0 Å². The zero-order valence-corrected chi connectivity index (χ0v) is 19.0. The molecule has 0 saturated carbocycles. The molecule has 0 radical (unpaired) electrons. The smallest absolute Gasteiger partial charge is 0.214 e. The summed E-state index contributed by atoms with van der Waals surface area (Å²) < 4.78 is 7.40. The highest BCUT2D eigenvalue weighted by Gasteiger charge is 2.11. The van der Waals surface area contributed by atoms with Crippen molar-refractivity contribution in [3.63, 3.8) is 0 Å². The summed E-state index contributed by atoms with van der Waals surface area (Å²) in [6.07, 6.45) is 0.963. The van der Waals surface area contributed by atoms with Gasteiger partial charge in [-0.1, -0.05) is 53.2 Å². The van der Waals surface area contributed by atoms with Crippen LogP contribution >= 0.6 is 47.4 Å². The Labute approximate surface area is 190 Å². The normalized spacial score (nSPS) is 10.6. The highest BCUT2D eigenvalue weighted by molar-refractivity contribution is 7.99. The van der Waals surface area contributed by atoms with Crippen molar-refractivity contribution in [2.75, 3.05) is 18.9 Å².